The van der Waals surface area contributed by atoms with Crippen LogP contribution in [0.15, 0.2) is 55.1 Å². The first-order valence-corrected chi connectivity index (χ1v) is 9.08. The molecule has 1 aliphatic rings. The van der Waals surface area contributed by atoms with Crippen LogP contribution in [0.4, 0.5) is 0 Å². The van der Waals surface area contributed by atoms with Crippen molar-refractivity contribution in [3.63, 3.8) is 0 Å². The number of nitrogens with zero attached hydrogens (tertiary/aromatic N) is 5. The first kappa shape index (κ1) is 16.7. The number of carbonyl (C=O) groups excluding carboxylic acids is 1. The average Bonchev–Trinajstić information content (AvgIpc) is 3.11. The Morgan fingerprint density at radius 1 is 1.04 bits per heavy atom. The van der Waals surface area contributed by atoms with Gasteiger partial charge in [-0.15, -0.1) is 0 Å². The molecule has 1 amide bonds. The first-order valence-electron chi connectivity index (χ1n) is 9.08. The molecule has 6 nitrogen and oxygen atoms in total. The zero-order valence-electron chi connectivity index (χ0n) is 14.8. The van der Waals surface area contributed by atoms with E-state index in [1.165, 1.54) is 5.56 Å². The van der Waals surface area contributed by atoms with Crippen molar-refractivity contribution in [1.29, 1.82) is 0 Å². The van der Waals surface area contributed by atoms with Gasteiger partial charge in [-0.3, -0.25) is 14.7 Å². The molecule has 0 N–H and O–H groups in total. The minimum absolute atomic E-state index is 0.226. The summed E-state index contributed by atoms with van der Waals surface area (Å²) in [6.07, 6.45) is 6.04. The number of rotatable bonds is 5. The molecule has 1 aliphatic heterocycles. The highest BCUT2D eigenvalue weighted by Crippen LogP contribution is 2.13. The third kappa shape index (κ3) is 3.75. The molecular formula is C20H23N5O. The molecule has 26 heavy (non-hydrogen) atoms. The molecule has 3 aromatic rings. The number of imidazole rings is 1. The highest BCUT2D eigenvalue weighted by atomic mass is 16.2. The largest absolute Gasteiger partial charge is 0.340 e. The minimum atomic E-state index is 0.226. The third-order valence-electron chi connectivity index (χ3n) is 4.95. The highest BCUT2D eigenvalue weighted by Gasteiger charge is 2.21. The quantitative estimate of drug-likeness (QED) is 0.708. The van der Waals surface area contributed by atoms with Crippen molar-refractivity contribution in [2.24, 2.45) is 0 Å². The Balaban J connectivity index is 1.27. The zero-order valence-corrected chi connectivity index (χ0v) is 14.8. The second kappa shape index (κ2) is 7.66. The normalized spacial score (nSPS) is 15.5. The van der Waals surface area contributed by atoms with Gasteiger partial charge in [0.05, 0.1) is 17.4 Å². The fourth-order valence-electron chi connectivity index (χ4n) is 3.47. The first-order chi connectivity index (χ1) is 12.8. The van der Waals surface area contributed by atoms with Crippen molar-refractivity contribution in [2.75, 3.05) is 26.2 Å². The van der Waals surface area contributed by atoms with E-state index in [1.54, 1.807) is 6.20 Å². The van der Waals surface area contributed by atoms with E-state index in [1.807, 2.05) is 47.8 Å². The molecule has 0 radical (unpaired) electrons. The van der Waals surface area contributed by atoms with Crippen LogP contribution in [0, 0.1) is 0 Å². The van der Waals surface area contributed by atoms with Crippen LogP contribution in [-0.2, 0) is 17.9 Å². The van der Waals surface area contributed by atoms with E-state index in [9.17, 15) is 4.79 Å². The van der Waals surface area contributed by atoms with Crippen LogP contribution in [0.3, 0.4) is 0 Å². The lowest BCUT2D eigenvalue weighted by Gasteiger charge is -2.34. The molecule has 0 bridgehead atoms. The van der Waals surface area contributed by atoms with Gasteiger partial charge < -0.3 is 9.47 Å². The highest BCUT2D eigenvalue weighted by molar-refractivity contribution is 5.77. The van der Waals surface area contributed by atoms with Gasteiger partial charge in [-0.25, -0.2) is 4.98 Å². The van der Waals surface area contributed by atoms with Crippen LogP contribution in [0.25, 0.3) is 11.0 Å². The molecule has 0 spiro atoms. The summed E-state index contributed by atoms with van der Waals surface area (Å²) in [5.74, 6) is 0.226. The van der Waals surface area contributed by atoms with Crippen LogP contribution >= 0.6 is 0 Å². The predicted octanol–water partition coefficient (Wildman–Crippen LogP) is 2.17. The van der Waals surface area contributed by atoms with Crippen molar-refractivity contribution in [3.8, 4) is 0 Å². The summed E-state index contributed by atoms with van der Waals surface area (Å²) in [4.78, 5) is 25.5. The summed E-state index contributed by atoms with van der Waals surface area (Å²) in [6, 6.07) is 12.1. The summed E-state index contributed by atoms with van der Waals surface area (Å²) < 4.78 is 2.06. The van der Waals surface area contributed by atoms with Crippen molar-refractivity contribution < 1.29 is 4.79 Å². The van der Waals surface area contributed by atoms with Gasteiger partial charge in [-0.1, -0.05) is 18.2 Å². The van der Waals surface area contributed by atoms with Gasteiger partial charge in [0.2, 0.25) is 5.91 Å². The van der Waals surface area contributed by atoms with Crippen LogP contribution in [-0.4, -0.2) is 56.4 Å². The third-order valence-corrected chi connectivity index (χ3v) is 4.95. The maximum atomic E-state index is 12.6. The topological polar surface area (TPSA) is 54.3 Å². The smallest absolute Gasteiger partial charge is 0.224 e. The maximum absolute atomic E-state index is 12.6. The average molecular weight is 349 g/mol. The number of amides is 1. The molecule has 1 aromatic carbocycles. The number of piperazine rings is 1. The van der Waals surface area contributed by atoms with Gasteiger partial charge >= 0.3 is 0 Å². The van der Waals surface area contributed by atoms with Gasteiger partial charge in [-0.2, -0.15) is 0 Å². The van der Waals surface area contributed by atoms with E-state index in [0.717, 1.165) is 43.8 Å². The summed E-state index contributed by atoms with van der Waals surface area (Å²) in [6.45, 7) is 4.99. The monoisotopic (exact) mass is 349 g/mol. The Labute approximate surface area is 153 Å². The number of hydrogen-bond acceptors (Lipinski definition) is 4. The SMILES string of the molecule is O=C(CCn1cnc2ccccc21)N1CCN(Cc2cccnc2)CC1. The van der Waals surface area contributed by atoms with Gasteiger partial charge in [0, 0.05) is 58.1 Å². The molecule has 6 heteroatoms. The number of benzene rings is 1. The fraction of sp³-hybridized carbons (Fsp3) is 0.350. The Morgan fingerprint density at radius 2 is 1.88 bits per heavy atom. The van der Waals surface area contributed by atoms with Crippen LogP contribution in [0.5, 0.6) is 0 Å². The fourth-order valence-corrected chi connectivity index (χ4v) is 3.47. The number of hydrogen-bond donors (Lipinski definition) is 0. The molecule has 0 saturated carbocycles. The molecule has 1 saturated heterocycles. The molecule has 0 unspecified atom stereocenters. The molecule has 2 aromatic heterocycles. The van der Waals surface area contributed by atoms with Crippen LogP contribution in [0.2, 0.25) is 0 Å². The zero-order chi connectivity index (χ0) is 17.8. The number of aryl methyl sites for hydroxylation is 1. The predicted molar refractivity (Wildman–Crippen MR) is 100 cm³/mol. The van der Waals surface area contributed by atoms with E-state index in [2.05, 4.69) is 25.5 Å². The second-order valence-corrected chi connectivity index (χ2v) is 6.69. The Kier molecular flexibility index (Phi) is 4.93. The van der Waals surface area contributed by atoms with Gasteiger partial charge in [-0.05, 0) is 23.8 Å². The summed E-state index contributed by atoms with van der Waals surface area (Å²) in [7, 11) is 0. The van der Waals surface area contributed by atoms with E-state index in [0.29, 0.717) is 13.0 Å². The van der Waals surface area contributed by atoms with Gasteiger partial charge in [0.1, 0.15) is 0 Å². The molecule has 0 aliphatic carbocycles. The summed E-state index contributed by atoms with van der Waals surface area (Å²) >= 11 is 0. The van der Waals surface area contributed by atoms with E-state index in [-0.39, 0.29) is 5.91 Å². The standard InChI is InChI=1S/C20H23N5O/c26-20(7-9-25-16-22-18-5-1-2-6-19(18)25)24-12-10-23(11-13-24)15-17-4-3-8-21-14-17/h1-6,8,14,16H,7,9-13,15H2. The Bertz CT molecular complexity index is 868. The molecule has 4 rings (SSSR count). The van der Waals surface area contributed by atoms with E-state index in [4.69, 9.17) is 0 Å². The van der Waals surface area contributed by atoms with Crippen molar-refractivity contribution >= 4 is 16.9 Å². The molecule has 134 valence electrons. The number of para-hydroxylation sites is 2. The lowest BCUT2D eigenvalue weighted by molar-refractivity contribution is -0.133. The summed E-state index contributed by atoms with van der Waals surface area (Å²) in [5.41, 5.74) is 3.28. The number of carbonyl (C=O) groups is 1. The number of fused-ring (bicyclic) bond motifs is 1. The number of aromatic nitrogens is 3. The second-order valence-electron chi connectivity index (χ2n) is 6.69. The van der Waals surface area contributed by atoms with Gasteiger partial charge in [0.15, 0.2) is 0 Å². The van der Waals surface area contributed by atoms with Crippen molar-refractivity contribution in [1.82, 2.24) is 24.3 Å². The lowest BCUT2D eigenvalue weighted by Crippen LogP contribution is -2.48. The Hall–Kier alpha value is -2.73. The summed E-state index contributed by atoms with van der Waals surface area (Å²) in [5, 5.41) is 0. The molecule has 0 atom stereocenters. The van der Waals surface area contributed by atoms with E-state index >= 15 is 0 Å². The van der Waals surface area contributed by atoms with Crippen molar-refractivity contribution in [3.05, 3.63) is 60.7 Å². The van der Waals surface area contributed by atoms with Crippen LogP contribution < -0.4 is 0 Å². The minimum Gasteiger partial charge on any atom is -0.340 e. The number of pyridine rings is 1. The molecule has 1 fully saturated rings. The Morgan fingerprint density at radius 3 is 2.69 bits per heavy atom. The van der Waals surface area contributed by atoms with E-state index < -0.39 is 0 Å². The lowest BCUT2D eigenvalue weighted by atomic mass is 10.2. The van der Waals surface area contributed by atoms with Gasteiger partial charge in [0.25, 0.3) is 0 Å². The molecule has 3 heterocycles. The maximum Gasteiger partial charge on any atom is 0.224 e. The van der Waals surface area contributed by atoms with Crippen molar-refractivity contribution in [2.45, 2.75) is 19.5 Å². The van der Waals surface area contributed by atoms with Crippen LogP contribution in [0.1, 0.15) is 12.0 Å². The molecular weight excluding hydrogens is 326 g/mol.